The molecule has 0 aliphatic carbocycles. The molecule has 0 fully saturated rings. The first kappa shape index (κ1) is 14.9. The van der Waals surface area contributed by atoms with Gasteiger partial charge in [-0.25, -0.2) is 4.39 Å². The molecule has 0 atom stereocenters. The van der Waals surface area contributed by atoms with Crippen LogP contribution in [-0.4, -0.2) is 5.11 Å². The summed E-state index contributed by atoms with van der Waals surface area (Å²) < 4.78 is 14.0. The van der Waals surface area contributed by atoms with Gasteiger partial charge in [0.25, 0.3) is 0 Å². The molecule has 0 spiro atoms. The molecule has 0 aliphatic heterocycles. The van der Waals surface area contributed by atoms with E-state index in [0.29, 0.717) is 5.11 Å². The van der Waals surface area contributed by atoms with Crippen molar-refractivity contribution in [1.29, 1.82) is 0 Å². The fraction of sp³-hybridized carbons (Fsp3) is 0.133. The summed E-state index contributed by atoms with van der Waals surface area (Å²) in [6.45, 7) is 3.85. The molecule has 5 heteroatoms. The first-order valence-corrected chi connectivity index (χ1v) is 7.26. The summed E-state index contributed by atoms with van der Waals surface area (Å²) in [6, 6.07) is 10.5. The highest BCUT2D eigenvalue weighted by molar-refractivity contribution is 9.10. The highest BCUT2D eigenvalue weighted by Gasteiger charge is 2.05. The van der Waals surface area contributed by atoms with Crippen molar-refractivity contribution in [2.24, 2.45) is 0 Å². The van der Waals surface area contributed by atoms with Crippen LogP contribution in [0.15, 0.2) is 40.9 Å². The lowest BCUT2D eigenvalue weighted by molar-refractivity contribution is 0.627. The number of nitrogens with one attached hydrogen (secondary N) is 2. The molecule has 0 radical (unpaired) electrons. The highest BCUT2D eigenvalue weighted by atomic mass is 79.9. The minimum Gasteiger partial charge on any atom is -0.332 e. The van der Waals surface area contributed by atoms with Crippen LogP contribution in [0.25, 0.3) is 0 Å². The molecule has 2 rings (SSSR count). The van der Waals surface area contributed by atoms with Gasteiger partial charge < -0.3 is 10.6 Å². The molecule has 20 heavy (non-hydrogen) atoms. The Labute approximate surface area is 131 Å². The maximum atomic E-state index is 13.0. The fourth-order valence-corrected chi connectivity index (χ4v) is 2.58. The molecular formula is C15H14BrFN2S. The summed E-state index contributed by atoms with van der Waals surface area (Å²) in [4.78, 5) is 0. The molecule has 2 aromatic rings. The second kappa shape index (κ2) is 6.33. The van der Waals surface area contributed by atoms with E-state index in [0.717, 1.165) is 27.0 Å². The molecule has 0 saturated heterocycles. The van der Waals surface area contributed by atoms with Crippen LogP contribution in [0.5, 0.6) is 0 Å². The largest absolute Gasteiger partial charge is 0.332 e. The number of hydrogen-bond acceptors (Lipinski definition) is 1. The number of thiocarbonyl (C=S) groups is 1. The van der Waals surface area contributed by atoms with Gasteiger partial charge >= 0.3 is 0 Å². The third kappa shape index (κ3) is 3.77. The Morgan fingerprint density at radius 1 is 1.05 bits per heavy atom. The predicted octanol–water partition coefficient (Wildman–Crippen LogP) is 5.01. The summed E-state index contributed by atoms with van der Waals surface area (Å²) in [5.41, 5.74) is 3.63. The number of halogens is 2. The van der Waals surface area contributed by atoms with Crippen LogP contribution in [0.1, 0.15) is 11.1 Å². The number of hydrogen-bond donors (Lipinski definition) is 2. The van der Waals surface area contributed by atoms with E-state index in [4.69, 9.17) is 12.2 Å². The van der Waals surface area contributed by atoms with Crippen LogP contribution in [0.3, 0.4) is 0 Å². The van der Waals surface area contributed by atoms with Crippen LogP contribution in [0.2, 0.25) is 0 Å². The average molecular weight is 353 g/mol. The van der Waals surface area contributed by atoms with Crippen molar-refractivity contribution in [2.45, 2.75) is 13.8 Å². The number of benzene rings is 2. The molecule has 0 saturated carbocycles. The van der Waals surface area contributed by atoms with Crippen molar-refractivity contribution in [3.8, 4) is 0 Å². The first-order valence-electron chi connectivity index (χ1n) is 6.06. The molecule has 0 aliphatic rings. The van der Waals surface area contributed by atoms with Crippen LogP contribution < -0.4 is 10.6 Å². The Hall–Kier alpha value is -1.46. The van der Waals surface area contributed by atoms with Crippen molar-refractivity contribution in [3.05, 3.63) is 57.8 Å². The lowest BCUT2D eigenvalue weighted by atomic mass is 10.2. The second-order valence-electron chi connectivity index (χ2n) is 4.52. The van der Waals surface area contributed by atoms with Gasteiger partial charge in [0.05, 0.1) is 5.69 Å². The summed E-state index contributed by atoms with van der Waals surface area (Å²) in [6.07, 6.45) is 0. The molecule has 2 nitrogen and oxygen atoms in total. The van der Waals surface area contributed by atoms with E-state index in [-0.39, 0.29) is 5.82 Å². The molecule has 0 bridgehead atoms. The molecule has 0 aromatic heterocycles. The van der Waals surface area contributed by atoms with Crippen LogP contribution in [0.4, 0.5) is 15.8 Å². The second-order valence-corrected chi connectivity index (χ2v) is 5.78. The van der Waals surface area contributed by atoms with Crippen molar-refractivity contribution in [3.63, 3.8) is 0 Å². The smallest absolute Gasteiger partial charge is 0.175 e. The number of rotatable bonds is 2. The van der Waals surface area contributed by atoms with E-state index >= 15 is 0 Å². The van der Waals surface area contributed by atoms with Crippen molar-refractivity contribution < 1.29 is 4.39 Å². The SMILES string of the molecule is Cc1ccc(NC(=S)Nc2ccc(F)cc2C)c(Br)c1. The minimum absolute atomic E-state index is 0.256. The van der Waals surface area contributed by atoms with Gasteiger partial charge in [0.1, 0.15) is 5.82 Å². The Morgan fingerprint density at radius 3 is 2.35 bits per heavy atom. The van der Waals surface area contributed by atoms with Crippen LogP contribution >= 0.6 is 28.1 Å². The highest BCUT2D eigenvalue weighted by Crippen LogP contribution is 2.24. The molecule has 2 aromatic carbocycles. The minimum atomic E-state index is -0.256. The summed E-state index contributed by atoms with van der Waals surface area (Å²) in [5, 5.41) is 6.63. The predicted molar refractivity (Wildman–Crippen MR) is 89.9 cm³/mol. The Bertz CT molecular complexity index is 603. The first-order chi connectivity index (χ1) is 9.45. The third-order valence-electron chi connectivity index (χ3n) is 2.81. The summed E-state index contributed by atoms with van der Waals surface area (Å²) in [7, 11) is 0. The molecule has 2 N–H and O–H groups in total. The topological polar surface area (TPSA) is 24.1 Å². The van der Waals surface area contributed by atoms with Crippen LogP contribution in [-0.2, 0) is 0 Å². The molecule has 104 valence electrons. The Morgan fingerprint density at radius 2 is 1.70 bits per heavy atom. The van der Waals surface area contributed by atoms with Gasteiger partial charge in [0, 0.05) is 10.2 Å². The Balaban J connectivity index is 2.09. The lowest BCUT2D eigenvalue weighted by Gasteiger charge is -2.14. The molecule has 0 amide bonds. The number of aryl methyl sites for hydroxylation is 2. The van der Waals surface area contributed by atoms with Gasteiger partial charge in [-0.15, -0.1) is 0 Å². The van der Waals surface area contributed by atoms with Crippen molar-refractivity contribution in [1.82, 2.24) is 0 Å². The van der Waals surface area contributed by atoms with Gasteiger partial charge in [-0.1, -0.05) is 6.07 Å². The number of anilines is 2. The third-order valence-corrected chi connectivity index (χ3v) is 3.67. The standard InChI is InChI=1S/C15H14BrFN2S/c1-9-3-5-14(12(16)7-9)19-15(20)18-13-6-4-11(17)8-10(13)2/h3-8H,1-2H3,(H2,18,19,20). The van der Waals surface area contributed by atoms with Gasteiger partial charge in [-0.3, -0.25) is 0 Å². The van der Waals surface area contributed by atoms with Gasteiger partial charge in [0.15, 0.2) is 5.11 Å². The monoisotopic (exact) mass is 352 g/mol. The summed E-state index contributed by atoms with van der Waals surface area (Å²) >= 11 is 8.75. The summed E-state index contributed by atoms with van der Waals surface area (Å²) in [5.74, 6) is -0.256. The van der Waals surface area contributed by atoms with E-state index in [2.05, 4.69) is 26.6 Å². The maximum absolute atomic E-state index is 13.0. The zero-order chi connectivity index (χ0) is 14.7. The molecule has 0 unspecified atom stereocenters. The van der Waals surface area contributed by atoms with Gasteiger partial charge in [-0.2, -0.15) is 0 Å². The van der Waals surface area contributed by atoms with E-state index in [1.807, 2.05) is 32.0 Å². The van der Waals surface area contributed by atoms with E-state index < -0.39 is 0 Å². The van der Waals surface area contributed by atoms with Crippen LogP contribution in [0, 0.1) is 19.7 Å². The van der Waals surface area contributed by atoms with Gasteiger partial charge in [0.2, 0.25) is 0 Å². The van der Waals surface area contributed by atoms with E-state index in [9.17, 15) is 4.39 Å². The normalized spacial score (nSPS) is 10.2. The maximum Gasteiger partial charge on any atom is 0.175 e. The van der Waals surface area contributed by atoms with E-state index in [1.165, 1.54) is 12.1 Å². The zero-order valence-corrected chi connectivity index (χ0v) is 13.5. The fourth-order valence-electron chi connectivity index (χ4n) is 1.76. The lowest BCUT2D eigenvalue weighted by Crippen LogP contribution is -2.19. The zero-order valence-electron chi connectivity index (χ0n) is 11.1. The van der Waals surface area contributed by atoms with Crippen molar-refractivity contribution >= 4 is 44.6 Å². The van der Waals surface area contributed by atoms with Gasteiger partial charge in [-0.05, 0) is 83.5 Å². The Kier molecular flexibility index (Phi) is 4.73. The van der Waals surface area contributed by atoms with Crippen molar-refractivity contribution in [2.75, 3.05) is 10.6 Å². The molecular weight excluding hydrogens is 339 g/mol. The molecule has 0 heterocycles. The quantitative estimate of drug-likeness (QED) is 0.742. The average Bonchev–Trinajstić information content (AvgIpc) is 2.36. The van der Waals surface area contributed by atoms with E-state index in [1.54, 1.807) is 6.07 Å².